The Bertz CT molecular complexity index is 689. The molecule has 0 aliphatic carbocycles. The van der Waals surface area contributed by atoms with Crippen LogP contribution >= 0.6 is 0 Å². The van der Waals surface area contributed by atoms with Crippen LogP contribution in [0, 0.1) is 0 Å². The number of methoxy groups -OCH3 is 1. The maximum atomic E-state index is 11.6. The molecule has 0 aliphatic heterocycles. The molecular formula is C24H52O9Si4. The van der Waals surface area contributed by atoms with Crippen LogP contribution < -0.4 is 0 Å². The highest BCUT2D eigenvalue weighted by Gasteiger charge is 2.45. The lowest BCUT2D eigenvalue weighted by atomic mass is 10.4. The molecule has 0 radical (unpaired) electrons. The second-order valence-corrected chi connectivity index (χ2v) is 27.2. The molecule has 0 fully saturated rings. The van der Waals surface area contributed by atoms with E-state index < -0.39 is 33.8 Å². The molecule has 0 amide bonds. The first-order chi connectivity index (χ1) is 17.1. The van der Waals surface area contributed by atoms with Gasteiger partial charge in [-0.3, -0.25) is 4.79 Å². The summed E-state index contributed by atoms with van der Waals surface area (Å²) in [4.78, 5) is 22.1. The summed E-state index contributed by atoms with van der Waals surface area (Å²) >= 11 is 0. The van der Waals surface area contributed by atoms with Crippen molar-refractivity contribution in [3.8, 4) is 0 Å². The Kier molecular flexibility index (Phi) is 17.5. The summed E-state index contributed by atoms with van der Waals surface area (Å²) in [7, 11) is -7.61. The summed E-state index contributed by atoms with van der Waals surface area (Å²) in [5.41, 5.74) is 0.408. The summed E-state index contributed by atoms with van der Waals surface area (Å²) in [6, 6.07) is 2.54. The number of esters is 1. The monoisotopic (exact) mass is 596 g/mol. The third-order valence-electron chi connectivity index (χ3n) is 5.44. The van der Waals surface area contributed by atoms with Crippen LogP contribution in [0.15, 0.2) is 12.2 Å². The molecule has 0 rings (SSSR count). The minimum Gasteiger partial charge on any atom is -0.468 e. The third kappa shape index (κ3) is 19.1. The number of carbonyl (C=O) groups excluding carboxylic acids is 2. The van der Waals surface area contributed by atoms with Crippen molar-refractivity contribution in [2.45, 2.75) is 90.1 Å². The molecule has 9 nitrogen and oxygen atoms in total. The van der Waals surface area contributed by atoms with E-state index >= 15 is 0 Å². The molecule has 0 aromatic rings. The van der Waals surface area contributed by atoms with Crippen molar-refractivity contribution in [1.82, 2.24) is 0 Å². The highest BCUT2D eigenvalue weighted by Crippen LogP contribution is 2.30. The average molecular weight is 597 g/mol. The van der Waals surface area contributed by atoms with Crippen molar-refractivity contribution in [3.05, 3.63) is 12.2 Å². The molecule has 1 unspecified atom stereocenters. The zero-order valence-electron chi connectivity index (χ0n) is 24.7. The Labute approximate surface area is 229 Å². The first-order valence-electron chi connectivity index (χ1n) is 13.1. The van der Waals surface area contributed by atoms with Crippen LogP contribution in [0.1, 0.15) is 26.2 Å². The quantitative estimate of drug-likeness (QED) is 0.0508. The van der Waals surface area contributed by atoms with Gasteiger partial charge in [0.2, 0.25) is 0 Å². The van der Waals surface area contributed by atoms with Crippen LogP contribution in [-0.4, -0.2) is 86.3 Å². The van der Waals surface area contributed by atoms with Crippen molar-refractivity contribution in [2.75, 3.05) is 40.1 Å². The lowest BCUT2D eigenvalue weighted by molar-refractivity contribution is -0.139. The Morgan fingerprint density at radius 1 is 0.757 bits per heavy atom. The van der Waals surface area contributed by atoms with E-state index in [4.69, 9.17) is 31.3 Å². The molecule has 1 atom stereocenters. The Morgan fingerprint density at radius 2 is 1.32 bits per heavy atom. The van der Waals surface area contributed by atoms with Gasteiger partial charge in [-0.2, -0.15) is 0 Å². The van der Waals surface area contributed by atoms with Gasteiger partial charge >= 0.3 is 23.1 Å². The summed E-state index contributed by atoms with van der Waals surface area (Å²) < 4.78 is 41.3. The molecule has 0 heterocycles. The number of hydrogen-bond donors (Lipinski definition) is 0. The van der Waals surface area contributed by atoms with Gasteiger partial charge in [0.1, 0.15) is 0 Å². The summed E-state index contributed by atoms with van der Waals surface area (Å²) in [5.74, 6) is -0.354. The number of carbonyl (C=O) groups is 2. The van der Waals surface area contributed by atoms with Crippen LogP contribution in [0.3, 0.4) is 0 Å². The minimum atomic E-state index is -2.60. The first-order valence-corrected chi connectivity index (χ1v) is 24.7. The SMILES string of the molecule is C=C(C)C(=O)OCCC[Si](C)(C)O[Si](C)(C)O[Si](C)(CCCOCCOC)O[Si](C)(C)CCCOC=O. The highest BCUT2D eigenvalue weighted by atomic mass is 28.5. The molecule has 0 saturated heterocycles. The van der Waals surface area contributed by atoms with Crippen molar-refractivity contribution < 1.29 is 40.9 Å². The zero-order chi connectivity index (χ0) is 28.6. The second kappa shape index (κ2) is 17.8. The molecule has 0 N–H and O–H groups in total. The van der Waals surface area contributed by atoms with Gasteiger partial charge in [-0.1, -0.05) is 6.58 Å². The van der Waals surface area contributed by atoms with Crippen LogP contribution in [0.25, 0.3) is 0 Å². The van der Waals surface area contributed by atoms with Gasteiger partial charge in [-0.25, -0.2) is 4.79 Å². The normalized spacial score (nSPS) is 14.2. The van der Waals surface area contributed by atoms with Crippen LogP contribution in [0.4, 0.5) is 0 Å². The molecular weight excluding hydrogens is 545 g/mol. The van der Waals surface area contributed by atoms with Gasteiger partial charge in [0.25, 0.3) is 6.47 Å². The molecule has 0 aromatic carbocycles. The fourth-order valence-electron chi connectivity index (χ4n) is 4.17. The fraction of sp³-hybridized carbons (Fsp3) is 0.833. The number of hydrogen-bond acceptors (Lipinski definition) is 9. The van der Waals surface area contributed by atoms with Gasteiger partial charge in [0.05, 0.1) is 26.4 Å². The van der Waals surface area contributed by atoms with Crippen LogP contribution in [0.2, 0.25) is 64.0 Å². The van der Waals surface area contributed by atoms with Crippen molar-refractivity contribution in [1.29, 1.82) is 0 Å². The lowest BCUT2D eigenvalue weighted by Gasteiger charge is -2.42. The predicted octanol–water partition coefficient (Wildman–Crippen LogP) is 5.35. The summed E-state index contributed by atoms with van der Waals surface area (Å²) in [5, 5.41) is 0. The lowest BCUT2D eigenvalue weighted by Crippen LogP contribution is -2.57. The molecule has 0 spiro atoms. The highest BCUT2D eigenvalue weighted by molar-refractivity contribution is 6.89. The fourth-order valence-corrected chi connectivity index (χ4v) is 23.8. The minimum absolute atomic E-state index is 0.354. The largest absolute Gasteiger partial charge is 0.468 e. The number of rotatable bonds is 23. The van der Waals surface area contributed by atoms with Gasteiger partial charge in [-0.05, 0) is 90.1 Å². The second-order valence-electron chi connectivity index (χ2n) is 11.2. The van der Waals surface area contributed by atoms with Gasteiger partial charge in [0, 0.05) is 19.3 Å². The smallest absolute Gasteiger partial charge is 0.333 e. The van der Waals surface area contributed by atoms with E-state index in [1.807, 2.05) is 0 Å². The van der Waals surface area contributed by atoms with Crippen LogP contribution in [0.5, 0.6) is 0 Å². The number of ether oxygens (including phenoxy) is 4. The van der Waals surface area contributed by atoms with E-state index in [1.165, 1.54) is 0 Å². The standard InChI is InChI=1S/C24H52O9Si4/c1-23(2)24(26)30-16-13-20-34(4,5)31-36(8,9)33-37(10,21-12-14-28-18-17-27-3)32-35(6,7)19-11-15-29-22-25/h22H,1,11-21H2,2-10H3. The maximum absolute atomic E-state index is 11.6. The summed E-state index contributed by atoms with van der Waals surface area (Å²) in [6.45, 7) is 23.4. The maximum Gasteiger partial charge on any atom is 0.333 e. The first kappa shape index (κ1) is 36.3. The van der Waals surface area contributed by atoms with E-state index in [9.17, 15) is 9.59 Å². The molecule has 13 heteroatoms. The molecule has 0 bridgehead atoms. The van der Waals surface area contributed by atoms with Gasteiger partial charge in [-0.15, -0.1) is 0 Å². The predicted molar refractivity (Wildman–Crippen MR) is 156 cm³/mol. The molecule has 0 saturated carbocycles. The van der Waals surface area contributed by atoms with E-state index in [-0.39, 0.29) is 5.97 Å². The molecule has 0 aromatic heterocycles. The van der Waals surface area contributed by atoms with Gasteiger partial charge in [0.15, 0.2) is 16.6 Å². The topological polar surface area (TPSA) is 98.8 Å². The zero-order valence-corrected chi connectivity index (χ0v) is 28.7. The van der Waals surface area contributed by atoms with Crippen molar-refractivity contribution in [2.24, 2.45) is 0 Å². The van der Waals surface area contributed by atoms with Gasteiger partial charge < -0.3 is 31.3 Å². The molecule has 0 aliphatic rings. The third-order valence-corrected chi connectivity index (χ3v) is 21.6. The Morgan fingerprint density at radius 3 is 1.89 bits per heavy atom. The summed E-state index contributed by atoms with van der Waals surface area (Å²) in [6.07, 6.45) is 2.36. The Balaban J connectivity index is 5.19. The molecule has 37 heavy (non-hydrogen) atoms. The molecule has 218 valence electrons. The Hall–Kier alpha value is -0.652. The van der Waals surface area contributed by atoms with Crippen molar-refractivity contribution >= 4 is 46.2 Å². The van der Waals surface area contributed by atoms with Crippen molar-refractivity contribution in [3.63, 3.8) is 0 Å². The van der Waals surface area contributed by atoms with E-state index in [0.29, 0.717) is 45.1 Å². The van der Waals surface area contributed by atoms with E-state index in [1.54, 1.807) is 14.0 Å². The average Bonchev–Trinajstić information content (AvgIpc) is 2.74. The van der Waals surface area contributed by atoms with E-state index in [0.717, 1.165) is 37.4 Å². The van der Waals surface area contributed by atoms with E-state index in [2.05, 4.69) is 52.4 Å². The van der Waals surface area contributed by atoms with Crippen LogP contribution in [-0.2, 0) is 40.9 Å².